The lowest BCUT2D eigenvalue weighted by Gasteiger charge is -2.38. The van der Waals surface area contributed by atoms with Crippen molar-refractivity contribution in [1.82, 2.24) is 9.80 Å². The van der Waals surface area contributed by atoms with E-state index >= 15 is 0 Å². The molecule has 0 spiro atoms. The topological polar surface area (TPSA) is 40.6 Å². The first-order valence-electron chi connectivity index (χ1n) is 12.1. The Morgan fingerprint density at radius 3 is 2.51 bits per heavy atom. The molecule has 2 amide bonds. The van der Waals surface area contributed by atoms with Crippen LogP contribution in [0.3, 0.4) is 0 Å². The maximum Gasteiger partial charge on any atom is 0.255 e. The number of carbonyl (C=O) groups is 2. The Morgan fingerprint density at radius 1 is 1.00 bits per heavy atom. The van der Waals surface area contributed by atoms with E-state index in [9.17, 15) is 9.59 Å². The molecule has 1 aliphatic rings. The van der Waals surface area contributed by atoms with Crippen molar-refractivity contribution in [2.45, 2.75) is 39.3 Å². The van der Waals surface area contributed by atoms with Crippen molar-refractivity contribution in [3.63, 3.8) is 0 Å². The third kappa shape index (κ3) is 4.48. The largest absolute Gasteiger partial charge is 0.330 e. The number of rotatable bonds is 5. The predicted molar refractivity (Wildman–Crippen MR) is 143 cm³/mol. The first-order chi connectivity index (χ1) is 16.9. The number of amides is 2. The van der Waals surface area contributed by atoms with Crippen molar-refractivity contribution < 1.29 is 9.59 Å². The molecule has 1 aromatic heterocycles. The minimum atomic E-state index is -0.125. The van der Waals surface area contributed by atoms with E-state index in [0.29, 0.717) is 12.1 Å². The highest BCUT2D eigenvalue weighted by atomic mass is 32.1. The molecule has 0 N–H and O–H groups in total. The van der Waals surface area contributed by atoms with Crippen molar-refractivity contribution in [1.29, 1.82) is 0 Å². The maximum absolute atomic E-state index is 13.8. The molecule has 5 heteroatoms. The van der Waals surface area contributed by atoms with Crippen LogP contribution in [0.25, 0.3) is 10.8 Å². The smallest absolute Gasteiger partial charge is 0.255 e. The van der Waals surface area contributed by atoms with E-state index in [0.717, 1.165) is 22.8 Å². The number of nitrogens with zero attached hydrogens (tertiary/aromatic N) is 2. The van der Waals surface area contributed by atoms with E-state index in [2.05, 4.69) is 42.6 Å². The Morgan fingerprint density at radius 2 is 1.74 bits per heavy atom. The molecule has 4 aromatic rings. The van der Waals surface area contributed by atoms with Gasteiger partial charge in [-0.05, 0) is 66.6 Å². The quantitative estimate of drug-likeness (QED) is 0.338. The third-order valence-corrected chi connectivity index (χ3v) is 7.89. The highest BCUT2D eigenvalue weighted by Crippen LogP contribution is 2.38. The van der Waals surface area contributed by atoms with Gasteiger partial charge < -0.3 is 9.80 Å². The zero-order valence-corrected chi connectivity index (χ0v) is 21.2. The first-order valence-corrected chi connectivity index (χ1v) is 13.0. The van der Waals surface area contributed by atoms with Gasteiger partial charge in [0.2, 0.25) is 5.91 Å². The van der Waals surface area contributed by atoms with Gasteiger partial charge in [-0.2, -0.15) is 0 Å². The molecule has 178 valence electrons. The molecule has 5 rings (SSSR count). The van der Waals surface area contributed by atoms with Crippen LogP contribution in [-0.4, -0.2) is 40.7 Å². The lowest BCUT2D eigenvalue weighted by molar-refractivity contribution is -0.134. The summed E-state index contributed by atoms with van der Waals surface area (Å²) in [5, 5.41) is 4.05. The van der Waals surface area contributed by atoms with E-state index in [1.807, 2.05) is 61.2 Å². The summed E-state index contributed by atoms with van der Waals surface area (Å²) in [5.41, 5.74) is 4.15. The van der Waals surface area contributed by atoms with Crippen molar-refractivity contribution in [2.75, 3.05) is 13.1 Å². The average Bonchev–Trinajstić information content (AvgIpc) is 3.35. The van der Waals surface area contributed by atoms with Crippen LogP contribution in [0.2, 0.25) is 0 Å². The van der Waals surface area contributed by atoms with Crippen molar-refractivity contribution in [2.24, 2.45) is 0 Å². The van der Waals surface area contributed by atoms with Gasteiger partial charge in [0, 0.05) is 23.0 Å². The Balaban J connectivity index is 1.46. The van der Waals surface area contributed by atoms with Crippen molar-refractivity contribution in [3.8, 4) is 0 Å². The van der Waals surface area contributed by atoms with Gasteiger partial charge >= 0.3 is 0 Å². The van der Waals surface area contributed by atoms with Crippen LogP contribution in [0.4, 0.5) is 0 Å². The van der Waals surface area contributed by atoms with Crippen molar-refractivity contribution in [3.05, 3.63) is 105 Å². The summed E-state index contributed by atoms with van der Waals surface area (Å²) >= 11 is 1.76. The molecule has 2 heterocycles. The Bertz CT molecular complexity index is 1370. The molecule has 3 aromatic carbocycles. The van der Waals surface area contributed by atoms with E-state index in [-0.39, 0.29) is 30.4 Å². The lowest BCUT2D eigenvalue weighted by Crippen LogP contribution is -2.48. The zero-order valence-electron chi connectivity index (χ0n) is 20.4. The van der Waals surface area contributed by atoms with Crippen LogP contribution in [0.1, 0.15) is 51.8 Å². The van der Waals surface area contributed by atoms with Crippen molar-refractivity contribution >= 4 is 33.9 Å². The minimum absolute atomic E-state index is 0.0188. The van der Waals surface area contributed by atoms with Gasteiger partial charge in [0.1, 0.15) is 6.54 Å². The third-order valence-electron chi connectivity index (χ3n) is 6.89. The van der Waals surface area contributed by atoms with E-state index in [1.165, 1.54) is 16.0 Å². The van der Waals surface area contributed by atoms with Crippen LogP contribution in [0, 0.1) is 6.92 Å². The van der Waals surface area contributed by atoms with Gasteiger partial charge in [0.15, 0.2) is 0 Å². The molecule has 0 saturated heterocycles. The average molecular weight is 483 g/mol. The SMILES string of the molecule is Cc1ccc(C2c3ccsc3CCN2C(=O)CN(C(=O)c2cccc3ccccc23)C(C)C)cc1. The summed E-state index contributed by atoms with van der Waals surface area (Å²) in [4.78, 5) is 32.6. The molecule has 4 nitrogen and oxygen atoms in total. The van der Waals surface area contributed by atoms with Gasteiger partial charge in [-0.1, -0.05) is 66.2 Å². The summed E-state index contributed by atoms with van der Waals surface area (Å²) in [6.07, 6.45) is 0.847. The van der Waals surface area contributed by atoms with Crippen LogP contribution in [-0.2, 0) is 11.2 Å². The van der Waals surface area contributed by atoms with E-state index in [1.54, 1.807) is 16.2 Å². The first kappa shape index (κ1) is 23.3. The summed E-state index contributed by atoms with van der Waals surface area (Å²) in [7, 11) is 0. The number of aryl methyl sites for hydroxylation is 1. The molecule has 1 unspecified atom stereocenters. The van der Waals surface area contributed by atoms with E-state index < -0.39 is 0 Å². The monoisotopic (exact) mass is 482 g/mol. The van der Waals surface area contributed by atoms with Crippen LogP contribution >= 0.6 is 11.3 Å². The zero-order chi connectivity index (χ0) is 24.5. The summed E-state index contributed by atoms with van der Waals surface area (Å²) in [5.74, 6) is -0.125. The number of fused-ring (bicyclic) bond motifs is 2. The lowest BCUT2D eigenvalue weighted by atomic mass is 9.92. The Labute approximate surface area is 210 Å². The van der Waals surface area contributed by atoms with Gasteiger partial charge in [-0.15, -0.1) is 11.3 Å². The van der Waals surface area contributed by atoms with Gasteiger partial charge in [0.25, 0.3) is 5.91 Å². The number of thiophene rings is 1. The van der Waals surface area contributed by atoms with Crippen LogP contribution in [0.15, 0.2) is 78.2 Å². The van der Waals surface area contributed by atoms with E-state index in [4.69, 9.17) is 0 Å². The normalized spacial score (nSPS) is 15.3. The fourth-order valence-corrected chi connectivity index (χ4v) is 5.89. The fourth-order valence-electron chi connectivity index (χ4n) is 4.99. The second-order valence-corrected chi connectivity index (χ2v) is 10.5. The predicted octanol–water partition coefficient (Wildman–Crippen LogP) is 6.23. The highest BCUT2D eigenvalue weighted by molar-refractivity contribution is 7.10. The number of hydrogen-bond acceptors (Lipinski definition) is 3. The molecule has 1 atom stereocenters. The molecule has 0 bridgehead atoms. The van der Waals surface area contributed by atoms with Crippen LogP contribution < -0.4 is 0 Å². The summed E-state index contributed by atoms with van der Waals surface area (Å²) in [6.45, 7) is 6.73. The van der Waals surface area contributed by atoms with Gasteiger partial charge in [0.05, 0.1) is 6.04 Å². The minimum Gasteiger partial charge on any atom is -0.330 e. The molecule has 0 fully saturated rings. The second kappa shape index (κ2) is 9.67. The van der Waals surface area contributed by atoms with Gasteiger partial charge in [-0.25, -0.2) is 0 Å². The number of hydrogen-bond donors (Lipinski definition) is 0. The summed E-state index contributed by atoms with van der Waals surface area (Å²) in [6, 6.07) is 24.0. The highest BCUT2D eigenvalue weighted by Gasteiger charge is 2.34. The Hall–Kier alpha value is -3.44. The molecule has 35 heavy (non-hydrogen) atoms. The molecule has 0 radical (unpaired) electrons. The second-order valence-electron chi connectivity index (χ2n) is 9.50. The summed E-state index contributed by atoms with van der Waals surface area (Å²) < 4.78 is 0. The molecular weight excluding hydrogens is 452 g/mol. The molecular formula is C30H30N2O2S. The fraction of sp³-hybridized carbons (Fsp3) is 0.267. The maximum atomic E-state index is 13.8. The molecule has 0 saturated carbocycles. The molecule has 1 aliphatic heterocycles. The number of benzene rings is 3. The van der Waals surface area contributed by atoms with Gasteiger partial charge in [-0.3, -0.25) is 9.59 Å². The molecule has 0 aliphatic carbocycles. The van der Waals surface area contributed by atoms with Crippen LogP contribution in [0.5, 0.6) is 0 Å². The number of carbonyl (C=O) groups excluding carboxylic acids is 2. The Kier molecular flexibility index (Phi) is 6.44. The standard InChI is InChI=1S/C30H30N2O2S/c1-20(2)32(30(34)25-10-6-8-22-7-4-5-9-24(22)25)19-28(33)31-17-15-27-26(16-18-35-27)29(31)23-13-11-21(3)12-14-23/h4-14,16,18,20,29H,15,17,19H2,1-3H3.